The molecule has 0 radical (unpaired) electrons. The van der Waals surface area contributed by atoms with Gasteiger partial charge in [-0.15, -0.1) is 0 Å². The molecule has 2 heterocycles. The molecule has 0 aromatic carbocycles. The summed E-state index contributed by atoms with van der Waals surface area (Å²) in [6, 6.07) is -1.67. The SMILES string of the molecule is CC1CC(C(=O)NC2CCC(C(F)(F)F)NC2)CO1. The second-order valence-corrected chi connectivity index (χ2v) is 5.36. The molecule has 0 aromatic heterocycles. The molecule has 0 saturated carbocycles. The Hall–Kier alpha value is -0.820. The summed E-state index contributed by atoms with van der Waals surface area (Å²) in [5.74, 6) is -0.281. The number of halogens is 3. The van der Waals surface area contributed by atoms with Crippen LogP contribution in [0.25, 0.3) is 0 Å². The van der Waals surface area contributed by atoms with Crippen molar-refractivity contribution in [2.24, 2.45) is 5.92 Å². The third-order valence-electron chi connectivity index (χ3n) is 3.73. The third-order valence-corrected chi connectivity index (χ3v) is 3.73. The summed E-state index contributed by atoms with van der Waals surface area (Å²) in [6.45, 7) is 2.47. The van der Waals surface area contributed by atoms with Crippen molar-refractivity contribution in [2.75, 3.05) is 13.2 Å². The Morgan fingerprint density at radius 1 is 1.37 bits per heavy atom. The van der Waals surface area contributed by atoms with Crippen LogP contribution in [0.15, 0.2) is 0 Å². The Bertz CT molecular complexity index is 327. The highest BCUT2D eigenvalue weighted by Crippen LogP contribution is 2.26. The van der Waals surface area contributed by atoms with Crippen molar-refractivity contribution in [3.05, 3.63) is 0 Å². The Labute approximate surface area is 110 Å². The molecule has 2 aliphatic heterocycles. The number of nitrogens with one attached hydrogen (secondary N) is 2. The molecular weight excluding hydrogens is 261 g/mol. The van der Waals surface area contributed by atoms with E-state index in [0.717, 1.165) is 0 Å². The van der Waals surface area contributed by atoms with E-state index in [9.17, 15) is 18.0 Å². The zero-order chi connectivity index (χ0) is 14.0. The number of ether oxygens (including phenoxy) is 1. The molecule has 2 rings (SSSR count). The average molecular weight is 280 g/mol. The minimum absolute atomic E-state index is 0.00597. The van der Waals surface area contributed by atoms with Crippen molar-refractivity contribution in [1.82, 2.24) is 10.6 Å². The van der Waals surface area contributed by atoms with Gasteiger partial charge in [0.25, 0.3) is 0 Å². The molecule has 0 spiro atoms. The van der Waals surface area contributed by atoms with Gasteiger partial charge in [0.1, 0.15) is 6.04 Å². The fraction of sp³-hybridized carbons (Fsp3) is 0.917. The summed E-state index contributed by atoms with van der Waals surface area (Å²) in [7, 11) is 0. The number of alkyl halides is 3. The molecule has 0 aromatic rings. The number of carbonyl (C=O) groups excluding carboxylic acids is 1. The second kappa shape index (κ2) is 5.66. The summed E-state index contributed by atoms with van der Waals surface area (Å²) in [4.78, 5) is 11.9. The van der Waals surface area contributed by atoms with Crippen molar-refractivity contribution >= 4 is 5.91 Å². The lowest BCUT2D eigenvalue weighted by atomic mass is 9.99. The summed E-state index contributed by atoms with van der Waals surface area (Å²) >= 11 is 0. The van der Waals surface area contributed by atoms with E-state index < -0.39 is 12.2 Å². The molecule has 4 atom stereocenters. The van der Waals surface area contributed by atoms with Gasteiger partial charge in [-0.3, -0.25) is 4.79 Å². The van der Waals surface area contributed by atoms with E-state index in [0.29, 0.717) is 19.4 Å². The number of piperidine rings is 1. The molecule has 2 aliphatic rings. The van der Waals surface area contributed by atoms with Crippen molar-refractivity contribution in [1.29, 1.82) is 0 Å². The Morgan fingerprint density at radius 3 is 2.58 bits per heavy atom. The van der Waals surface area contributed by atoms with Crippen LogP contribution in [0.5, 0.6) is 0 Å². The van der Waals surface area contributed by atoms with Crippen molar-refractivity contribution in [3.63, 3.8) is 0 Å². The number of hydrogen-bond acceptors (Lipinski definition) is 3. The second-order valence-electron chi connectivity index (χ2n) is 5.36. The first kappa shape index (κ1) is 14.6. The number of carbonyl (C=O) groups is 1. The first-order valence-electron chi connectivity index (χ1n) is 6.58. The average Bonchev–Trinajstić information content (AvgIpc) is 2.75. The minimum Gasteiger partial charge on any atom is -0.378 e. The largest absolute Gasteiger partial charge is 0.403 e. The molecule has 0 bridgehead atoms. The highest BCUT2D eigenvalue weighted by molar-refractivity contribution is 5.79. The number of rotatable bonds is 2. The minimum atomic E-state index is -4.20. The van der Waals surface area contributed by atoms with Gasteiger partial charge in [0.2, 0.25) is 5.91 Å². The lowest BCUT2D eigenvalue weighted by molar-refractivity contribution is -0.161. The van der Waals surface area contributed by atoms with E-state index in [1.165, 1.54) is 0 Å². The van der Waals surface area contributed by atoms with Gasteiger partial charge in [-0.2, -0.15) is 13.2 Å². The van der Waals surface area contributed by atoms with Crippen LogP contribution in [0, 0.1) is 5.92 Å². The molecule has 4 nitrogen and oxygen atoms in total. The van der Waals surface area contributed by atoms with Gasteiger partial charge in [0.05, 0.1) is 18.6 Å². The molecule has 19 heavy (non-hydrogen) atoms. The van der Waals surface area contributed by atoms with Gasteiger partial charge in [-0.25, -0.2) is 0 Å². The normalized spacial score (nSPS) is 36.2. The highest BCUT2D eigenvalue weighted by atomic mass is 19.4. The first-order valence-corrected chi connectivity index (χ1v) is 6.58. The zero-order valence-corrected chi connectivity index (χ0v) is 10.8. The number of amides is 1. The fourth-order valence-corrected chi connectivity index (χ4v) is 2.58. The molecule has 1 amide bonds. The summed E-state index contributed by atoms with van der Waals surface area (Å²) in [5.41, 5.74) is 0. The van der Waals surface area contributed by atoms with E-state index >= 15 is 0 Å². The molecule has 4 unspecified atom stereocenters. The Kier molecular flexibility index (Phi) is 4.35. The monoisotopic (exact) mass is 280 g/mol. The molecule has 2 fully saturated rings. The zero-order valence-electron chi connectivity index (χ0n) is 10.8. The first-order chi connectivity index (χ1) is 8.86. The van der Waals surface area contributed by atoms with Crippen LogP contribution in [-0.4, -0.2) is 43.4 Å². The summed E-state index contributed by atoms with van der Waals surface area (Å²) in [5, 5.41) is 5.25. The predicted molar refractivity (Wildman–Crippen MR) is 62.5 cm³/mol. The molecule has 110 valence electrons. The maximum absolute atomic E-state index is 12.5. The van der Waals surface area contributed by atoms with Crippen molar-refractivity contribution < 1.29 is 22.7 Å². The van der Waals surface area contributed by atoms with E-state index in [2.05, 4.69) is 10.6 Å². The van der Waals surface area contributed by atoms with Crippen molar-refractivity contribution in [3.8, 4) is 0 Å². The Balaban J connectivity index is 1.75. The molecule has 2 saturated heterocycles. The lowest BCUT2D eigenvalue weighted by Gasteiger charge is -2.32. The Morgan fingerprint density at radius 2 is 2.11 bits per heavy atom. The standard InChI is InChI=1S/C12H19F3N2O2/c1-7-4-8(6-19-7)11(18)17-9-2-3-10(16-5-9)12(13,14)15/h7-10,16H,2-6H2,1H3,(H,17,18). The van der Waals surface area contributed by atoms with Gasteiger partial charge < -0.3 is 15.4 Å². The molecule has 7 heteroatoms. The van der Waals surface area contributed by atoms with E-state index in [1.807, 2.05) is 6.92 Å². The smallest absolute Gasteiger partial charge is 0.378 e. The summed E-state index contributed by atoms with van der Waals surface area (Å²) < 4.78 is 42.7. The van der Waals surface area contributed by atoms with E-state index in [4.69, 9.17) is 4.74 Å². The molecule has 0 aliphatic carbocycles. The molecular formula is C12H19F3N2O2. The molecule has 2 N–H and O–H groups in total. The topological polar surface area (TPSA) is 50.4 Å². The predicted octanol–water partition coefficient (Wildman–Crippen LogP) is 1.21. The van der Waals surface area contributed by atoms with Crippen LogP contribution in [0.3, 0.4) is 0 Å². The van der Waals surface area contributed by atoms with Gasteiger partial charge in [0, 0.05) is 12.6 Å². The van der Waals surface area contributed by atoms with Crippen LogP contribution in [0.2, 0.25) is 0 Å². The van der Waals surface area contributed by atoms with Crippen LogP contribution < -0.4 is 10.6 Å². The van der Waals surface area contributed by atoms with Crippen molar-refractivity contribution in [2.45, 2.75) is 50.6 Å². The van der Waals surface area contributed by atoms with Crippen LogP contribution >= 0.6 is 0 Å². The van der Waals surface area contributed by atoms with Crippen LogP contribution in [-0.2, 0) is 9.53 Å². The van der Waals surface area contributed by atoms with E-state index in [1.54, 1.807) is 0 Å². The number of hydrogen-bond donors (Lipinski definition) is 2. The highest BCUT2D eigenvalue weighted by Gasteiger charge is 2.42. The maximum Gasteiger partial charge on any atom is 0.403 e. The third kappa shape index (κ3) is 3.82. The lowest BCUT2D eigenvalue weighted by Crippen LogP contribution is -2.54. The maximum atomic E-state index is 12.5. The van der Waals surface area contributed by atoms with Gasteiger partial charge in [-0.1, -0.05) is 0 Å². The fourth-order valence-electron chi connectivity index (χ4n) is 2.58. The van der Waals surface area contributed by atoms with Crippen LogP contribution in [0.4, 0.5) is 13.2 Å². The quantitative estimate of drug-likeness (QED) is 0.799. The summed E-state index contributed by atoms with van der Waals surface area (Å²) in [6.07, 6.45) is -3.09. The van der Waals surface area contributed by atoms with Gasteiger partial charge in [0.15, 0.2) is 0 Å². The van der Waals surface area contributed by atoms with Gasteiger partial charge >= 0.3 is 6.18 Å². The van der Waals surface area contributed by atoms with Crippen LogP contribution in [0.1, 0.15) is 26.2 Å². The van der Waals surface area contributed by atoms with Gasteiger partial charge in [-0.05, 0) is 26.2 Å². The van der Waals surface area contributed by atoms with E-state index in [-0.39, 0.29) is 36.9 Å².